The van der Waals surface area contributed by atoms with Crippen molar-refractivity contribution < 1.29 is 26.7 Å². The lowest BCUT2D eigenvalue weighted by Crippen LogP contribution is -2.16. The minimum Gasteiger partial charge on any atom is -0.476 e. The van der Waals surface area contributed by atoms with E-state index in [1.165, 1.54) is 36.2 Å². The molecule has 4 rings (SSSR count). The highest BCUT2D eigenvalue weighted by Gasteiger charge is 2.22. The second kappa shape index (κ2) is 10.6. The van der Waals surface area contributed by atoms with Crippen LogP contribution in [0, 0.1) is 11.6 Å². The molecule has 188 valence electrons. The first kappa shape index (κ1) is 25.5. The Labute approximate surface area is 209 Å². The van der Waals surface area contributed by atoms with Crippen molar-refractivity contribution in [3.8, 4) is 17.0 Å². The monoisotopic (exact) mass is 536 g/mol. The predicted octanol–water partition coefficient (Wildman–Crippen LogP) is 3.90. The van der Waals surface area contributed by atoms with Crippen LogP contribution in [-0.4, -0.2) is 43.1 Å². The van der Waals surface area contributed by atoms with Crippen molar-refractivity contribution in [2.75, 3.05) is 25.0 Å². The van der Waals surface area contributed by atoms with Gasteiger partial charge in [0.05, 0.1) is 12.8 Å². The summed E-state index contributed by atoms with van der Waals surface area (Å²) in [7, 11) is -2.95. The fourth-order valence-electron chi connectivity index (χ4n) is 3.29. The molecule has 3 aromatic heterocycles. The SMILES string of the molecule is COCCCOc1ncc(-c2ccc3ncc(Cl)c(=O)n3c2)cc1NS(=O)(=O)c1ccc(F)cc1F. The van der Waals surface area contributed by atoms with Gasteiger partial charge in [0.2, 0.25) is 5.88 Å². The van der Waals surface area contributed by atoms with Crippen molar-refractivity contribution >= 4 is 33.0 Å². The highest BCUT2D eigenvalue weighted by Crippen LogP contribution is 2.31. The minimum absolute atomic E-state index is 0.0661. The Morgan fingerprint density at radius 3 is 2.61 bits per heavy atom. The molecule has 0 atom stereocenters. The smallest absolute Gasteiger partial charge is 0.276 e. The number of hydrogen-bond donors (Lipinski definition) is 1. The Morgan fingerprint density at radius 2 is 1.86 bits per heavy atom. The van der Waals surface area contributed by atoms with Gasteiger partial charge in [-0.05, 0) is 30.3 Å². The van der Waals surface area contributed by atoms with Crippen molar-refractivity contribution in [2.45, 2.75) is 11.3 Å². The highest BCUT2D eigenvalue weighted by atomic mass is 35.5. The van der Waals surface area contributed by atoms with E-state index in [0.717, 1.165) is 12.1 Å². The van der Waals surface area contributed by atoms with E-state index in [9.17, 15) is 22.0 Å². The molecule has 0 bridgehead atoms. The van der Waals surface area contributed by atoms with Crippen molar-refractivity contribution in [3.63, 3.8) is 0 Å². The largest absolute Gasteiger partial charge is 0.476 e. The molecule has 0 radical (unpaired) electrons. The third-order valence-electron chi connectivity index (χ3n) is 5.00. The average molecular weight is 537 g/mol. The fourth-order valence-corrected chi connectivity index (χ4v) is 4.54. The van der Waals surface area contributed by atoms with Crippen molar-refractivity contribution in [2.24, 2.45) is 0 Å². The summed E-state index contributed by atoms with van der Waals surface area (Å²) in [5.74, 6) is -2.24. The van der Waals surface area contributed by atoms with E-state index in [0.29, 0.717) is 35.9 Å². The number of aromatic nitrogens is 3. The van der Waals surface area contributed by atoms with Crippen LogP contribution in [0.5, 0.6) is 5.88 Å². The van der Waals surface area contributed by atoms with Crippen LogP contribution in [0.2, 0.25) is 5.02 Å². The van der Waals surface area contributed by atoms with Crippen LogP contribution < -0.4 is 15.0 Å². The van der Waals surface area contributed by atoms with Crippen LogP contribution >= 0.6 is 11.6 Å². The topological polar surface area (TPSA) is 112 Å². The zero-order chi connectivity index (χ0) is 25.9. The highest BCUT2D eigenvalue weighted by molar-refractivity contribution is 7.92. The molecule has 36 heavy (non-hydrogen) atoms. The van der Waals surface area contributed by atoms with Gasteiger partial charge in [-0.3, -0.25) is 13.9 Å². The number of pyridine rings is 2. The molecule has 0 saturated heterocycles. The second-order valence-corrected chi connectivity index (χ2v) is 9.57. The number of nitrogens with one attached hydrogen (secondary N) is 1. The lowest BCUT2D eigenvalue weighted by molar-refractivity contribution is 0.171. The average Bonchev–Trinajstić information content (AvgIpc) is 2.84. The van der Waals surface area contributed by atoms with E-state index in [4.69, 9.17) is 21.1 Å². The van der Waals surface area contributed by atoms with E-state index in [1.807, 2.05) is 0 Å². The molecule has 0 spiro atoms. The second-order valence-electron chi connectivity index (χ2n) is 7.51. The van der Waals surface area contributed by atoms with Gasteiger partial charge in [0.25, 0.3) is 15.6 Å². The van der Waals surface area contributed by atoms with Crippen molar-refractivity contribution in [1.29, 1.82) is 0 Å². The van der Waals surface area contributed by atoms with Crippen LogP contribution in [-0.2, 0) is 14.8 Å². The number of fused-ring (bicyclic) bond motifs is 1. The number of benzene rings is 1. The van der Waals surface area contributed by atoms with E-state index < -0.39 is 32.1 Å². The summed E-state index contributed by atoms with van der Waals surface area (Å²) in [4.78, 5) is 19.9. The molecule has 0 aliphatic rings. The third-order valence-corrected chi connectivity index (χ3v) is 6.66. The third kappa shape index (κ3) is 5.45. The molecule has 0 unspecified atom stereocenters. The Bertz CT molecular complexity index is 1600. The molecule has 0 saturated carbocycles. The molecule has 9 nitrogen and oxygen atoms in total. The summed E-state index contributed by atoms with van der Waals surface area (Å²) < 4.78 is 67.5. The zero-order valence-electron chi connectivity index (χ0n) is 18.7. The molecule has 0 aliphatic heterocycles. The van der Waals surface area contributed by atoms with Gasteiger partial charge in [-0.1, -0.05) is 11.6 Å². The summed E-state index contributed by atoms with van der Waals surface area (Å²) in [6, 6.07) is 6.78. The molecular formula is C23H19ClF2N4O5S. The Morgan fingerprint density at radius 1 is 1.06 bits per heavy atom. The molecule has 1 N–H and O–H groups in total. The number of nitrogens with zero attached hydrogens (tertiary/aromatic N) is 3. The molecule has 0 fully saturated rings. The maximum absolute atomic E-state index is 14.2. The maximum Gasteiger partial charge on any atom is 0.276 e. The van der Waals surface area contributed by atoms with Gasteiger partial charge in [0, 0.05) is 49.7 Å². The Hall–Kier alpha value is -3.61. The number of rotatable bonds is 9. The van der Waals surface area contributed by atoms with Crippen molar-refractivity contribution in [3.05, 3.63) is 82.0 Å². The van der Waals surface area contributed by atoms with Gasteiger partial charge in [-0.25, -0.2) is 27.2 Å². The molecule has 4 aromatic rings. The number of anilines is 1. The van der Waals surface area contributed by atoms with E-state index in [2.05, 4.69) is 14.7 Å². The summed E-state index contributed by atoms with van der Waals surface area (Å²) in [6.45, 7) is 0.567. The number of ether oxygens (including phenoxy) is 2. The van der Waals surface area contributed by atoms with Crippen LogP contribution in [0.1, 0.15) is 6.42 Å². The molecule has 1 aromatic carbocycles. The molecule has 0 amide bonds. The summed E-state index contributed by atoms with van der Waals surface area (Å²) >= 11 is 5.89. The van der Waals surface area contributed by atoms with Crippen LogP contribution in [0.4, 0.5) is 14.5 Å². The van der Waals surface area contributed by atoms with E-state index in [1.54, 1.807) is 12.1 Å². The van der Waals surface area contributed by atoms with E-state index >= 15 is 0 Å². The number of methoxy groups -OCH3 is 1. The summed E-state index contributed by atoms with van der Waals surface area (Å²) in [6.07, 6.45) is 4.65. The lowest BCUT2D eigenvalue weighted by atomic mass is 10.1. The normalized spacial score (nSPS) is 11.6. The quantitative estimate of drug-likeness (QED) is 0.323. The number of halogens is 3. The van der Waals surface area contributed by atoms with Crippen LogP contribution in [0.25, 0.3) is 16.8 Å². The van der Waals surface area contributed by atoms with Crippen molar-refractivity contribution in [1.82, 2.24) is 14.4 Å². The van der Waals surface area contributed by atoms with Gasteiger partial charge in [-0.2, -0.15) is 0 Å². The zero-order valence-corrected chi connectivity index (χ0v) is 20.3. The molecule has 13 heteroatoms. The summed E-state index contributed by atoms with van der Waals surface area (Å²) in [5.41, 5.74) is 0.672. The van der Waals surface area contributed by atoms with Gasteiger partial charge < -0.3 is 9.47 Å². The Balaban J connectivity index is 1.76. The standard InChI is InChI=1S/C23H19ClF2N4O5S/c1-34-7-2-8-35-22-19(29-36(32,33)20-5-4-16(25)10-18(20)26)9-15(11-28-22)14-3-6-21-27-12-17(24)23(31)30(21)13-14/h3-6,9-13,29H,2,7-8H2,1H3. The fraction of sp³-hybridized carbons (Fsp3) is 0.174. The van der Waals surface area contributed by atoms with Gasteiger partial charge in [-0.15, -0.1) is 0 Å². The van der Waals surface area contributed by atoms with Gasteiger partial charge >= 0.3 is 0 Å². The van der Waals surface area contributed by atoms with Crippen LogP contribution in [0.15, 0.2) is 64.7 Å². The lowest BCUT2D eigenvalue weighted by Gasteiger charge is -2.15. The first-order valence-electron chi connectivity index (χ1n) is 10.5. The predicted molar refractivity (Wildman–Crippen MR) is 129 cm³/mol. The Kier molecular flexibility index (Phi) is 7.48. The van der Waals surface area contributed by atoms with Gasteiger partial charge in [0.1, 0.15) is 32.9 Å². The van der Waals surface area contributed by atoms with Gasteiger partial charge in [0.15, 0.2) is 0 Å². The number of hydrogen-bond acceptors (Lipinski definition) is 7. The minimum atomic E-state index is -4.48. The first-order valence-corrected chi connectivity index (χ1v) is 12.3. The molecule has 0 aliphatic carbocycles. The first-order chi connectivity index (χ1) is 17.2. The molecule has 3 heterocycles. The summed E-state index contributed by atoms with van der Waals surface area (Å²) in [5, 5.41) is -0.0719. The van der Waals surface area contributed by atoms with Crippen LogP contribution in [0.3, 0.4) is 0 Å². The van der Waals surface area contributed by atoms with E-state index in [-0.39, 0.29) is 23.2 Å². The maximum atomic E-state index is 14.2. The number of sulfonamides is 1. The molecular weight excluding hydrogens is 518 g/mol.